The molecule has 0 saturated heterocycles. The molecule has 1 aromatic carbocycles. The minimum Gasteiger partial charge on any atom is -0.317 e. The molecule has 1 aromatic heterocycles. The van der Waals surface area contributed by atoms with Crippen molar-refractivity contribution in [2.24, 2.45) is 0 Å². The Morgan fingerprint density at radius 1 is 1.10 bits per heavy atom. The second-order valence-electron chi connectivity index (χ2n) is 4.08. The second-order valence-corrected chi connectivity index (χ2v) is 6.81. The quantitative estimate of drug-likeness (QED) is 0.863. The summed E-state index contributed by atoms with van der Waals surface area (Å²) >= 11 is 11.6. The zero-order valence-electron chi connectivity index (χ0n) is 10.7. The van der Waals surface area contributed by atoms with E-state index in [1.54, 1.807) is 0 Å². The van der Waals surface area contributed by atoms with Crippen LogP contribution in [0.4, 0.5) is 5.69 Å². The van der Waals surface area contributed by atoms with Crippen molar-refractivity contribution in [1.29, 1.82) is 0 Å². The Balaban J connectivity index is 2.25. The van der Waals surface area contributed by atoms with Gasteiger partial charge in [0.05, 0.1) is 4.90 Å². The molecular weight excluding hydrogens is 337 g/mol. The van der Waals surface area contributed by atoms with E-state index in [9.17, 15) is 13.2 Å². The van der Waals surface area contributed by atoms with Crippen LogP contribution >= 0.6 is 23.2 Å². The van der Waals surface area contributed by atoms with Crippen LogP contribution in [-0.4, -0.2) is 30.5 Å². The maximum Gasteiger partial charge on any atom is 0.255 e. The van der Waals surface area contributed by atoms with Gasteiger partial charge in [-0.05, 0) is 24.3 Å². The molecule has 6 nitrogen and oxygen atoms in total. The molecule has 2 aromatic rings. The molecule has 2 rings (SSSR count). The number of anilines is 1. The lowest BCUT2D eigenvalue weighted by molar-refractivity contribution is 0.102. The number of sulfone groups is 1. The first-order valence-electron chi connectivity index (χ1n) is 5.56. The van der Waals surface area contributed by atoms with E-state index in [0.717, 1.165) is 6.26 Å². The maximum absolute atomic E-state index is 12.0. The minimum absolute atomic E-state index is 0.0103. The number of nitrogens with zero attached hydrogens (tertiary/aromatic N) is 2. The molecule has 0 bridgehead atoms. The van der Waals surface area contributed by atoms with E-state index in [1.165, 1.54) is 30.6 Å². The van der Waals surface area contributed by atoms with Crippen molar-refractivity contribution >= 4 is 44.6 Å². The molecule has 21 heavy (non-hydrogen) atoms. The molecule has 0 saturated carbocycles. The summed E-state index contributed by atoms with van der Waals surface area (Å²) in [6, 6.07) is 5.46. The van der Waals surface area contributed by atoms with E-state index in [4.69, 9.17) is 23.2 Å². The van der Waals surface area contributed by atoms with E-state index in [1.807, 2.05) is 0 Å². The van der Waals surface area contributed by atoms with Crippen molar-refractivity contribution in [3.63, 3.8) is 0 Å². The Bertz CT molecular complexity index is 772. The number of amides is 1. The third kappa shape index (κ3) is 3.69. The van der Waals surface area contributed by atoms with Crippen LogP contribution in [0.1, 0.15) is 10.4 Å². The zero-order chi connectivity index (χ0) is 15.6. The lowest BCUT2D eigenvalue weighted by atomic mass is 10.2. The van der Waals surface area contributed by atoms with Gasteiger partial charge in [0, 0.05) is 11.8 Å². The summed E-state index contributed by atoms with van der Waals surface area (Å²) in [6.45, 7) is 0. The third-order valence-electron chi connectivity index (χ3n) is 2.54. The molecule has 0 spiro atoms. The summed E-state index contributed by atoms with van der Waals surface area (Å²) in [6.07, 6.45) is 2.25. The topological polar surface area (TPSA) is 89.0 Å². The van der Waals surface area contributed by atoms with Crippen LogP contribution in [0.5, 0.6) is 0 Å². The number of hydrogen-bond acceptors (Lipinski definition) is 5. The molecule has 0 fully saturated rings. The van der Waals surface area contributed by atoms with E-state index in [2.05, 4.69) is 15.3 Å². The van der Waals surface area contributed by atoms with Crippen LogP contribution in [0, 0.1) is 0 Å². The first-order valence-corrected chi connectivity index (χ1v) is 8.21. The molecule has 0 unspecified atom stereocenters. The summed E-state index contributed by atoms with van der Waals surface area (Å²) in [5.74, 6) is -0.506. The Kier molecular flexibility index (Phi) is 4.46. The van der Waals surface area contributed by atoms with Gasteiger partial charge in [0.2, 0.25) is 0 Å². The fourth-order valence-electron chi connectivity index (χ4n) is 1.49. The van der Waals surface area contributed by atoms with Crippen LogP contribution in [0.25, 0.3) is 0 Å². The lowest BCUT2D eigenvalue weighted by Gasteiger charge is -2.08. The smallest absolute Gasteiger partial charge is 0.255 e. The van der Waals surface area contributed by atoms with Crippen LogP contribution in [0.2, 0.25) is 10.3 Å². The normalized spacial score (nSPS) is 11.2. The van der Waals surface area contributed by atoms with E-state index >= 15 is 0 Å². The molecular formula is C12H9Cl2N3O3S. The molecule has 0 aliphatic carbocycles. The van der Waals surface area contributed by atoms with Gasteiger partial charge in [-0.25, -0.2) is 18.4 Å². The Morgan fingerprint density at radius 2 is 1.62 bits per heavy atom. The van der Waals surface area contributed by atoms with Crippen molar-refractivity contribution in [2.75, 3.05) is 11.6 Å². The Labute approximate surface area is 131 Å². The maximum atomic E-state index is 12.0. The van der Waals surface area contributed by atoms with Crippen molar-refractivity contribution in [3.8, 4) is 0 Å². The van der Waals surface area contributed by atoms with Gasteiger partial charge in [0.1, 0.15) is 12.0 Å². The first kappa shape index (κ1) is 15.7. The molecule has 9 heteroatoms. The Hall–Kier alpha value is -1.70. The number of benzene rings is 1. The predicted molar refractivity (Wildman–Crippen MR) is 79.6 cm³/mol. The molecule has 0 aliphatic rings. The van der Waals surface area contributed by atoms with Crippen molar-refractivity contribution in [2.45, 2.75) is 4.90 Å². The second kappa shape index (κ2) is 5.97. The van der Waals surface area contributed by atoms with Crippen LogP contribution in [-0.2, 0) is 9.84 Å². The third-order valence-corrected chi connectivity index (χ3v) is 4.24. The molecule has 1 N–H and O–H groups in total. The summed E-state index contributed by atoms with van der Waals surface area (Å²) < 4.78 is 22.7. The van der Waals surface area contributed by atoms with Gasteiger partial charge in [-0.3, -0.25) is 4.79 Å². The van der Waals surface area contributed by atoms with Crippen LogP contribution in [0.15, 0.2) is 35.5 Å². The number of hydrogen-bond donors (Lipinski definition) is 1. The SMILES string of the molecule is CS(=O)(=O)c1ccc(C(=O)Nc2c(Cl)ncnc2Cl)cc1. The van der Waals surface area contributed by atoms with Crippen LogP contribution < -0.4 is 5.32 Å². The first-order chi connectivity index (χ1) is 9.79. The highest BCUT2D eigenvalue weighted by atomic mass is 35.5. The average Bonchev–Trinajstić information content (AvgIpc) is 2.42. The number of halogens is 2. The average molecular weight is 346 g/mol. The van der Waals surface area contributed by atoms with Gasteiger partial charge in [0.15, 0.2) is 20.1 Å². The summed E-state index contributed by atoms with van der Waals surface area (Å²) in [5, 5.41) is 2.50. The molecule has 0 radical (unpaired) electrons. The minimum atomic E-state index is -3.31. The highest BCUT2D eigenvalue weighted by Crippen LogP contribution is 2.26. The van der Waals surface area contributed by atoms with Gasteiger partial charge in [-0.1, -0.05) is 23.2 Å². The highest BCUT2D eigenvalue weighted by molar-refractivity contribution is 7.90. The fourth-order valence-corrected chi connectivity index (χ4v) is 2.53. The molecule has 0 aliphatic heterocycles. The van der Waals surface area contributed by atoms with E-state index in [0.29, 0.717) is 0 Å². The fraction of sp³-hybridized carbons (Fsp3) is 0.0833. The van der Waals surface area contributed by atoms with E-state index in [-0.39, 0.29) is 26.5 Å². The summed E-state index contributed by atoms with van der Waals surface area (Å²) in [4.78, 5) is 19.6. The summed E-state index contributed by atoms with van der Waals surface area (Å²) in [7, 11) is -3.31. The predicted octanol–water partition coefficient (Wildman–Crippen LogP) is 2.44. The zero-order valence-corrected chi connectivity index (χ0v) is 13.0. The van der Waals surface area contributed by atoms with Crippen molar-refractivity contribution in [3.05, 3.63) is 46.5 Å². The largest absolute Gasteiger partial charge is 0.317 e. The Morgan fingerprint density at radius 3 is 2.10 bits per heavy atom. The summed E-state index contributed by atoms with van der Waals surface area (Å²) in [5.41, 5.74) is 0.344. The number of nitrogens with one attached hydrogen (secondary N) is 1. The number of rotatable bonds is 3. The van der Waals surface area contributed by atoms with Gasteiger partial charge < -0.3 is 5.32 Å². The van der Waals surface area contributed by atoms with Gasteiger partial charge in [0.25, 0.3) is 5.91 Å². The number of carbonyl (C=O) groups excluding carboxylic acids is 1. The molecule has 0 atom stereocenters. The standard InChI is InChI=1S/C12H9Cl2N3O3S/c1-21(19,20)8-4-2-7(3-5-8)12(18)17-9-10(13)15-6-16-11(9)14/h2-6H,1H3,(H,17,18). The van der Waals surface area contributed by atoms with Gasteiger partial charge >= 0.3 is 0 Å². The van der Waals surface area contributed by atoms with Gasteiger partial charge in [-0.15, -0.1) is 0 Å². The molecule has 1 amide bonds. The van der Waals surface area contributed by atoms with E-state index < -0.39 is 15.7 Å². The van der Waals surface area contributed by atoms with Gasteiger partial charge in [-0.2, -0.15) is 0 Å². The highest BCUT2D eigenvalue weighted by Gasteiger charge is 2.14. The number of carbonyl (C=O) groups is 1. The van der Waals surface area contributed by atoms with Crippen LogP contribution in [0.3, 0.4) is 0 Å². The lowest BCUT2D eigenvalue weighted by Crippen LogP contribution is -2.13. The molecule has 1 heterocycles. The van der Waals surface area contributed by atoms with Crippen molar-refractivity contribution in [1.82, 2.24) is 9.97 Å². The van der Waals surface area contributed by atoms with Crippen molar-refractivity contribution < 1.29 is 13.2 Å². The monoisotopic (exact) mass is 345 g/mol. The molecule has 110 valence electrons. The number of aromatic nitrogens is 2.